The molecular weight excluding hydrogens is 825 g/mol. The van der Waals surface area contributed by atoms with Crippen LogP contribution in [0.4, 0.5) is 0 Å². The molecule has 0 unspecified atom stereocenters. The van der Waals surface area contributed by atoms with Gasteiger partial charge >= 0.3 is 0 Å². The predicted octanol–water partition coefficient (Wildman–Crippen LogP) is 11.6. The average Bonchev–Trinajstić information content (AvgIpc) is 3.75. The summed E-state index contributed by atoms with van der Waals surface area (Å²) in [7, 11) is -3.25. The lowest BCUT2D eigenvalue weighted by atomic mass is 9.97. The van der Waals surface area contributed by atoms with Crippen LogP contribution in [0.1, 0.15) is 0 Å². The molecule has 0 bridgehead atoms. The zero-order valence-electron chi connectivity index (χ0n) is 33.9. The number of imidazole rings is 1. The molecule has 0 saturated heterocycles. The molecule has 9 aromatic carbocycles. The largest absolute Gasteiger partial charge is 0.309 e. The van der Waals surface area contributed by atoms with E-state index in [1.807, 2.05) is 91.1 Å². The summed E-state index contributed by atoms with van der Waals surface area (Å²) in [4.78, 5) is 10.6. The highest BCUT2D eigenvalue weighted by Gasteiger charge is 2.31. The first-order valence-corrected chi connectivity index (χ1v) is 25.5. The highest BCUT2D eigenvalue weighted by Crippen LogP contribution is 2.47. The lowest BCUT2D eigenvalue weighted by molar-refractivity contribution is 0.592. The smallest absolute Gasteiger partial charge is 0.171 e. The highest BCUT2D eigenvalue weighted by molar-refractivity contribution is 8.25. The number of rotatable bonds is 7. The summed E-state index contributed by atoms with van der Waals surface area (Å²) >= 11 is 6.82. The molecule has 12 aromatic rings. The van der Waals surface area contributed by atoms with Gasteiger partial charge < -0.3 is 4.57 Å². The second-order valence-electron chi connectivity index (χ2n) is 16.0. The number of hydrogen-bond donors (Lipinski definition) is 0. The number of nitrogens with zero attached hydrogens (tertiary/aromatic N) is 3. The van der Waals surface area contributed by atoms with E-state index in [4.69, 9.17) is 21.8 Å². The lowest BCUT2D eigenvalue weighted by Crippen LogP contribution is -2.25. The lowest BCUT2D eigenvalue weighted by Gasteiger charge is -2.25. The summed E-state index contributed by atoms with van der Waals surface area (Å²) in [6.45, 7) is 0. The third-order valence-corrected chi connectivity index (χ3v) is 20.5. The summed E-state index contributed by atoms with van der Waals surface area (Å²) in [5, 5.41) is 13.4. The minimum absolute atomic E-state index is 0.768. The first-order valence-electron chi connectivity index (χ1n) is 21.0. The third-order valence-electron chi connectivity index (χ3n) is 12.5. The van der Waals surface area contributed by atoms with Crippen molar-refractivity contribution in [2.75, 3.05) is 0 Å². The number of hydrogen-bond acceptors (Lipinski definition) is 4. The Kier molecular flexibility index (Phi) is 8.88. The molecule has 3 heterocycles. The van der Waals surface area contributed by atoms with Gasteiger partial charge in [0.25, 0.3) is 0 Å². The molecule has 63 heavy (non-hydrogen) atoms. The van der Waals surface area contributed by atoms with E-state index < -0.39 is 13.2 Å². The van der Waals surface area contributed by atoms with E-state index in [9.17, 15) is 0 Å². The van der Waals surface area contributed by atoms with Crippen LogP contribution in [0.5, 0.6) is 0 Å². The minimum Gasteiger partial charge on any atom is -0.309 e. The fourth-order valence-corrected chi connectivity index (χ4v) is 16.2. The molecule has 3 aromatic heterocycles. The van der Waals surface area contributed by atoms with Crippen molar-refractivity contribution in [2.24, 2.45) is 0 Å². The molecule has 0 aliphatic carbocycles. The van der Waals surface area contributed by atoms with Crippen molar-refractivity contribution in [3.05, 3.63) is 225 Å². The molecule has 7 heteroatoms. The van der Waals surface area contributed by atoms with Gasteiger partial charge in [0.1, 0.15) is 5.65 Å². The molecule has 0 amide bonds. The van der Waals surface area contributed by atoms with E-state index in [1.165, 1.54) is 0 Å². The SMILES string of the molecule is O=P(c1ccccc1)(c1ccccc1)c1ccc2nc3c4ccccc4c4ccc5cc(-c6ncc(P(=S)(c7ccccc7)c7ccccc7)c7ccccc67)ccc5c4n3c2c1. The molecule has 0 aliphatic heterocycles. The molecule has 0 N–H and O–H groups in total. The maximum absolute atomic E-state index is 15.7. The molecule has 0 spiro atoms. The molecule has 12 rings (SSSR count). The molecule has 0 aliphatic rings. The molecule has 0 saturated carbocycles. The van der Waals surface area contributed by atoms with Crippen LogP contribution in [0.25, 0.3) is 71.2 Å². The molecule has 0 atom stereocenters. The second-order valence-corrected chi connectivity index (χ2v) is 23.1. The Balaban J connectivity index is 1.09. The number of fused-ring (bicyclic) bond motifs is 11. The van der Waals surface area contributed by atoms with Gasteiger partial charge in [-0.2, -0.15) is 0 Å². The first-order chi connectivity index (χ1) is 31.0. The second kappa shape index (κ2) is 14.8. The molecule has 298 valence electrons. The Labute approximate surface area is 369 Å². The molecule has 0 fully saturated rings. The third kappa shape index (κ3) is 5.81. The van der Waals surface area contributed by atoms with Gasteiger partial charge in [0.05, 0.1) is 22.2 Å². The maximum Gasteiger partial charge on any atom is 0.171 e. The van der Waals surface area contributed by atoms with E-state index >= 15 is 4.57 Å². The van der Waals surface area contributed by atoms with Crippen molar-refractivity contribution in [1.29, 1.82) is 0 Å². The molecule has 0 radical (unpaired) electrons. The van der Waals surface area contributed by atoms with E-state index in [-0.39, 0.29) is 0 Å². The first kappa shape index (κ1) is 37.7. The summed E-state index contributed by atoms with van der Waals surface area (Å²) in [6.07, 6.45) is 2.04. The minimum atomic E-state index is -3.25. The van der Waals surface area contributed by atoms with E-state index in [2.05, 4.69) is 138 Å². The van der Waals surface area contributed by atoms with Crippen LogP contribution < -0.4 is 31.8 Å². The van der Waals surface area contributed by atoms with Gasteiger partial charge in [-0.15, -0.1) is 0 Å². The fraction of sp³-hybridized carbons (Fsp3) is 0. The fourth-order valence-electron chi connectivity index (χ4n) is 9.58. The average molecular weight is 862 g/mol. The predicted molar refractivity (Wildman–Crippen MR) is 271 cm³/mol. The Hall–Kier alpha value is -7.00. The van der Waals surface area contributed by atoms with Crippen LogP contribution in [-0.4, -0.2) is 14.4 Å². The van der Waals surface area contributed by atoms with Gasteiger partial charge in [0, 0.05) is 60.6 Å². The normalized spacial score (nSPS) is 12.3. The van der Waals surface area contributed by atoms with Crippen molar-refractivity contribution in [3.63, 3.8) is 0 Å². The van der Waals surface area contributed by atoms with Gasteiger partial charge in [-0.1, -0.05) is 206 Å². The van der Waals surface area contributed by atoms with Crippen LogP contribution in [-0.2, 0) is 16.4 Å². The van der Waals surface area contributed by atoms with Gasteiger partial charge in [-0.3, -0.25) is 9.38 Å². The number of aromatic nitrogens is 3. The van der Waals surface area contributed by atoms with Crippen LogP contribution in [0.15, 0.2) is 225 Å². The number of pyridine rings is 2. The monoisotopic (exact) mass is 861 g/mol. The van der Waals surface area contributed by atoms with E-state index in [0.29, 0.717) is 0 Å². The summed E-state index contributed by atoms with van der Waals surface area (Å²) in [6, 6.07) is 72.7. The Morgan fingerprint density at radius 1 is 0.444 bits per heavy atom. The zero-order valence-corrected chi connectivity index (χ0v) is 36.5. The van der Waals surface area contributed by atoms with Gasteiger partial charge in [0.2, 0.25) is 0 Å². The van der Waals surface area contributed by atoms with Crippen molar-refractivity contribution >= 4 is 117 Å². The summed E-state index contributed by atoms with van der Waals surface area (Å²) in [5.74, 6) is 0. The van der Waals surface area contributed by atoms with Crippen molar-refractivity contribution in [3.8, 4) is 11.3 Å². The van der Waals surface area contributed by atoms with Crippen LogP contribution in [0, 0.1) is 0 Å². The number of benzene rings is 9. The van der Waals surface area contributed by atoms with E-state index in [1.54, 1.807) is 0 Å². The molecule has 4 nitrogen and oxygen atoms in total. The van der Waals surface area contributed by atoms with Crippen molar-refractivity contribution in [1.82, 2.24) is 14.4 Å². The van der Waals surface area contributed by atoms with E-state index in [0.717, 1.165) is 103 Å². The Morgan fingerprint density at radius 2 is 0.984 bits per heavy atom. The van der Waals surface area contributed by atoms with Gasteiger partial charge in [-0.05, 0) is 51.0 Å². The summed E-state index contributed by atoms with van der Waals surface area (Å²) < 4.78 is 17.9. The van der Waals surface area contributed by atoms with Crippen LogP contribution >= 0.6 is 13.2 Å². The van der Waals surface area contributed by atoms with Gasteiger partial charge in [-0.25, -0.2) is 4.98 Å². The van der Waals surface area contributed by atoms with Crippen molar-refractivity contribution in [2.45, 2.75) is 0 Å². The van der Waals surface area contributed by atoms with Crippen LogP contribution in [0.3, 0.4) is 0 Å². The Morgan fingerprint density at radius 3 is 1.62 bits per heavy atom. The van der Waals surface area contributed by atoms with Crippen LogP contribution in [0.2, 0.25) is 0 Å². The standard InChI is InChI=1S/C56H37N3OP2S/c60-61(40-17-5-1-6-18-40,41-19-7-2-8-20-41)44-31-34-51-52(36-44)59-55-45-32-30-39(35-38(45)29-33-49(55)46-25-13-16-28-50(46)56(59)58-51)54-48-27-15-14-26-47(48)53(37-57-54)62(63,42-21-9-3-10-22-42)43-23-11-4-12-24-43/h1-37H. The summed E-state index contributed by atoms with van der Waals surface area (Å²) in [5.41, 5.74) is 5.63. The van der Waals surface area contributed by atoms with Crippen molar-refractivity contribution < 1.29 is 4.57 Å². The quantitative estimate of drug-likeness (QED) is 0.118. The van der Waals surface area contributed by atoms with Gasteiger partial charge in [0.15, 0.2) is 7.14 Å². The maximum atomic E-state index is 15.7. The Bertz CT molecular complexity index is 3770. The zero-order chi connectivity index (χ0) is 42.1. The highest BCUT2D eigenvalue weighted by atomic mass is 32.4. The molecular formula is C56H37N3OP2S. The topological polar surface area (TPSA) is 47.3 Å².